The minimum absolute atomic E-state index is 0.208. The normalized spacial score (nSPS) is 15.7. The van der Waals surface area contributed by atoms with Crippen LogP contribution in [-0.4, -0.2) is 48.3 Å². The van der Waals surface area contributed by atoms with E-state index in [1.807, 2.05) is 0 Å². The average molecular weight is 315 g/mol. The first kappa shape index (κ1) is 13.0. The van der Waals surface area contributed by atoms with Gasteiger partial charge in [0.25, 0.3) is 5.91 Å². The van der Waals surface area contributed by atoms with Crippen LogP contribution in [0.1, 0.15) is 10.4 Å². The molecule has 1 aromatic carbocycles. The molecule has 0 radical (unpaired) electrons. The summed E-state index contributed by atoms with van der Waals surface area (Å²) in [6.45, 7) is 1.99. The van der Waals surface area contributed by atoms with E-state index in [4.69, 9.17) is 0 Å². The molecule has 0 saturated carbocycles. The highest BCUT2D eigenvalue weighted by atomic mass is 79.9. The van der Waals surface area contributed by atoms with Crippen LogP contribution in [0.2, 0.25) is 0 Å². The van der Waals surface area contributed by atoms with Crippen molar-refractivity contribution in [2.75, 3.05) is 26.2 Å². The van der Waals surface area contributed by atoms with E-state index in [2.05, 4.69) is 15.9 Å². The summed E-state index contributed by atoms with van der Waals surface area (Å²) >= 11 is 3.16. The van der Waals surface area contributed by atoms with Crippen molar-refractivity contribution in [1.29, 1.82) is 0 Å². The van der Waals surface area contributed by atoms with Crippen LogP contribution in [-0.2, 0) is 4.79 Å². The zero-order chi connectivity index (χ0) is 13.1. The van der Waals surface area contributed by atoms with Crippen LogP contribution in [0.5, 0.6) is 0 Å². The number of hydrogen-bond acceptors (Lipinski definition) is 2. The minimum atomic E-state index is -0.445. The molecular formula is C12H12BrFN2O2. The third-order valence-corrected chi connectivity index (χ3v) is 3.32. The van der Waals surface area contributed by atoms with E-state index in [0.29, 0.717) is 36.2 Å². The minimum Gasteiger partial charge on any atom is -0.342 e. The van der Waals surface area contributed by atoms with Gasteiger partial charge >= 0.3 is 0 Å². The van der Waals surface area contributed by atoms with Gasteiger partial charge in [0, 0.05) is 36.2 Å². The molecule has 0 aromatic heterocycles. The van der Waals surface area contributed by atoms with Crippen molar-refractivity contribution in [2.45, 2.75) is 0 Å². The Hall–Kier alpha value is -1.43. The summed E-state index contributed by atoms with van der Waals surface area (Å²) in [5.41, 5.74) is 0.321. The number of rotatable bonds is 2. The van der Waals surface area contributed by atoms with E-state index in [0.717, 1.165) is 6.41 Å². The lowest BCUT2D eigenvalue weighted by atomic mass is 10.2. The summed E-state index contributed by atoms with van der Waals surface area (Å²) in [7, 11) is 0. The maximum Gasteiger partial charge on any atom is 0.254 e. The smallest absolute Gasteiger partial charge is 0.254 e. The lowest BCUT2D eigenvalue weighted by Gasteiger charge is -2.32. The number of carbonyl (C=O) groups is 2. The van der Waals surface area contributed by atoms with Crippen LogP contribution in [0.3, 0.4) is 0 Å². The van der Waals surface area contributed by atoms with E-state index in [-0.39, 0.29) is 5.91 Å². The van der Waals surface area contributed by atoms with Gasteiger partial charge in [-0.25, -0.2) is 4.39 Å². The number of nitrogens with zero attached hydrogens (tertiary/aromatic N) is 2. The molecule has 1 saturated heterocycles. The standard InChI is InChI=1S/C12H12BrFN2O2/c13-10-5-9(6-11(14)7-10)12(18)16-3-1-15(8-17)2-4-16/h5-8H,1-4H2. The molecule has 1 fully saturated rings. The molecule has 2 amide bonds. The molecular weight excluding hydrogens is 303 g/mol. The second-order valence-corrected chi connectivity index (χ2v) is 5.01. The second kappa shape index (κ2) is 5.48. The molecule has 2 rings (SSSR count). The van der Waals surface area contributed by atoms with Gasteiger partial charge in [-0.05, 0) is 18.2 Å². The fourth-order valence-corrected chi connectivity index (χ4v) is 2.36. The van der Waals surface area contributed by atoms with Gasteiger partial charge in [-0.3, -0.25) is 9.59 Å². The molecule has 1 heterocycles. The summed E-state index contributed by atoms with van der Waals surface area (Å²) in [6.07, 6.45) is 0.778. The Morgan fingerprint density at radius 1 is 1.22 bits per heavy atom. The Kier molecular flexibility index (Phi) is 3.96. The fourth-order valence-electron chi connectivity index (χ4n) is 1.89. The molecule has 1 aliphatic heterocycles. The van der Waals surface area contributed by atoms with Crippen molar-refractivity contribution in [3.05, 3.63) is 34.1 Å². The van der Waals surface area contributed by atoms with Crippen molar-refractivity contribution in [2.24, 2.45) is 0 Å². The first-order valence-electron chi connectivity index (χ1n) is 5.55. The first-order valence-corrected chi connectivity index (χ1v) is 6.34. The van der Waals surface area contributed by atoms with Crippen molar-refractivity contribution in [3.8, 4) is 0 Å². The average Bonchev–Trinajstić information content (AvgIpc) is 2.37. The Labute approximate surface area is 112 Å². The number of hydrogen-bond donors (Lipinski definition) is 0. The summed E-state index contributed by atoms with van der Waals surface area (Å²) in [5, 5.41) is 0. The number of amides is 2. The van der Waals surface area contributed by atoms with Gasteiger partial charge in [0.2, 0.25) is 6.41 Å². The van der Waals surface area contributed by atoms with Gasteiger partial charge in [-0.2, -0.15) is 0 Å². The summed E-state index contributed by atoms with van der Waals surface area (Å²) in [6, 6.07) is 4.12. The molecule has 1 aromatic rings. The van der Waals surface area contributed by atoms with Gasteiger partial charge in [0.1, 0.15) is 5.82 Å². The number of benzene rings is 1. The topological polar surface area (TPSA) is 40.6 Å². The zero-order valence-electron chi connectivity index (χ0n) is 9.60. The third-order valence-electron chi connectivity index (χ3n) is 2.86. The van der Waals surface area contributed by atoms with Crippen LogP contribution in [0, 0.1) is 5.82 Å². The Morgan fingerprint density at radius 3 is 2.44 bits per heavy atom. The molecule has 0 N–H and O–H groups in total. The maximum absolute atomic E-state index is 13.2. The monoisotopic (exact) mass is 314 g/mol. The highest BCUT2D eigenvalue weighted by Crippen LogP contribution is 2.17. The molecule has 0 atom stereocenters. The fraction of sp³-hybridized carbons (Fsp3) is 0.333. The Balaban J connectivity index is 2.10. The lowest BCUT2D eigenvalue weighted by Crippen LogP contribution is -2.48. The largest absolute Gasteiger partial charge is 0.342 e. The van der Waals surface area contributed by atoms with Crippen LogP contribution >= 0.6 is 15.9 Å². The SMILES string of the molecule is O=CN1CCN(C(=O)c2cc(F)cc(Br)c2)CC1. The molecule has 96 valence electrons. The lowest BCUT2D eigenvalue weighted by molar-refractivity contribution is -0.119. The number of piperazine rings is 1. The predicted molar refractivity (Wildman–Crippen MR) is 67.6 cm³/mol. The summed E-state index contributed by atoms with van der Waals surface area (Å²) in [5.74, 6) is -0.653. The molecule has 0 spiro atoms. The Bertz CT molecular complexity index is 453. The molecule has 0 bridgehead atoms. The van der Waals surface area contributed by atoms with Crippen molar-refractivity contribution >= 4 is 28.2 Å². The Morgan fingerprint density at radius 2 is 1.89 bits per heavy atom. The van der Waals surface area contributed by atoms with Crippen LogP contribution < -0.4 is 0 Å². The summed E-state index contributed by atoms with van der Waals surface area (Å²) in [4.78, 5) is 25.9. The number of halogens is 2. The van der Waals surface area contributed by atoms with Crippen LogP contribution in [0.4, 0.5) is 4.39 Å². The molecule has 18 heavy (non-hydrogen) atoms. The van der Waals surface area contributed by atoms with E-state index in [1.165, 1.54) is 12.1 Å². The van der Waals surface area contributed by atoms with E-state index < -0.39 is 5.82 Å². The second-order valence-electron chi connectivity index (χ2n) is 4.09. The van der Waals surface area contributed by atoms with Gasteiger partial charge < -0.3 is 9.80 Å². The highest BCUT2D eigenvalue weighted by Gasteiger charge is 2.21. The summed E-state index contributed by atoms with van der Waals surface area (Å²) < 4.78 is 13.8. The molecule has 1 aliphatic rings. The van der Waals surface area contributed by atoms with E-state index in [1.54, 1.807) is 15.9 Å². The van der Waals surface area contributed by atoms with Crippen LogP contribution in [0.25, 0.3) is 0 Å². The third kappa shape index (κ3) is 2.87. The molecule has 0 aliphatic carbocycles. The van der Waals surface area contributed by atoms with Gasteiger partial charge in [0.15, 0.2) is 0 Å². The quantitative estimate of drug-likeness (QED) is 0.776. The van der Waals surface area contributed by atoms with Crippen molar-refractivity contribution < 1.29 is 14.0 Å². The maximum atomic E-state index is 13.2. The van der Waals surface area contributed by atoms with Gasteiger partial charge in [-0.1, -0.05) is 15.9 Å². The van der Waals surface area contributed by atoms with Crippen molar-refractivity contribution in [1.82, 2.24) is 9.80 Å². The predicted octanol–water partition coefficient (Wildman–Crippen LogP) is 1.50. The van der Waals surface area contributed by atoms with Crippen molar-refractivity contribution in [3.63, 3.8) is 0 Å². The zero-order valence-corrected chi connectivity index (χ0v) is 11.2. The van der Waals surface area contributed by atoms with Gasteiger partial charge in [-0.15, -0.1) is 0 Å². The number of carbonyl (C=O) groups excluding carboxylic acids is 2. The van der Waals surface area contributed by atoms with Crippen LogP contribution in [0.15, 0.2) is 22.7 Å². The van der Waals surface area contributed by atoms with E-state index in [9.17, 15) is 14.0 Å². The molecule has 6 heteroatoms. The highest BCUT2D eigenvalue weighted by molar-refractivity contribution is 9.10. The molecule has 4 nitrogen and oxygen atoms in total. The van der Waals surface area contributed by atoms with Gasteiger partial charge in [0.05, 0.1) is 0 Å². The first-order chi connectivity index (χ1) is 8.60. The molecule has 0 unspecified atom stereocenters. The van der Waals surface area contributed by atoms with E-state index >= 15 is 0 Å².